The molecule has 37 heavy (non-hydrogen) atoms. The number of amides is 1. The Balaban J connectivity index is 1.77. The molecule has 0 unspecified atom stereocenters. The summed E-state index contributed by atoms with van der Waals surface area (Å²) in [4.78, 5) is 37.8. The van der Waals surface area contributed by atoms with Crippen molar-refractivity contribution < 1.29 is 37.0 Å². The molecule has 1 aliphatic heterocycles. The van der Waals surface area contributed by atoms with E-state index in [2.05, 4.69) is 5.32 Å². The number of carboxylic acid groups (broad SMARTS) is 1. The number of carboxylic acids is 1. The zero-order valence-corrected chi connectivity index (χ0v) is 20.9. The van der Waals surface area contributed by atoms with Crippen LogP contribution in [-0.2, 0) is 10.9 Å². The summed E-state index contributed by atoms with van der Waals surface area (Å²) in [6.45, 7) is 6.95. The van der Waals surface area contributed by atoms with Crippen LogP contribution in [0.15, 0.2) is 17.1 Å². The second-order valence-corrected chi connectivity index (χ2v) is 10.7. The Bertz CT molecular complexity index is 1310. The molecule has 1 aromatic carbocycles. The molecule has 2 heterocycles. The summed E-state index contributed by atoms with van der Waals surface area (Å²) < 4.78 is 65.5. The first-order valence-corrected chi connectivity index (χ1v) is 12.0. The number of ether oxygens (including phenoxy) is 1. The van der Waals surface area contributed by atoms with Crippen LogP contribution in [0.4, 0.5) is 28.0 Å². The van der Waals surface area contributed by atoms with Crippen molar-refractivity contribution in [2.45, 2.75) is 70.8 Å². The molecule has 1 saturated carbocycles. The van der Waals surface area contributed by atoms with Gasteiger partial charge in [-0.15, -0.1) is 0 Å². The second-order valence-electron chi connectivity index (χ2n) is 10.7. The Labute approximate surface area is 210 Å². The number of halogens is 4. The van der Waals surface area contributed by atoms with E-state index in [1.807, 2.05) is 0 Å². The molecule has 1 aliphatic carbocycles. The molecule has 0 spiro atoms. The quantitative estimate of drug-likeness (QED) is 0.535. The Morgan fingerprint density at radius 2 is 1.84 bits per heavy atom. The van der Waals surface area contributed by atoms with E-state index in [9.17, 15) is 32.7 Å². The minimum Gasteiger partial charge on any atom is -0.477 e. The second kappa shape index (κ2) is 9.21. The summed E-state index contributed by atoms with van der Waals surface area (Å²) >= 11 is 0. The first kappa shape index (κ1) is 26.7. The van der Waals surface area contributed by atoms with E-state index in [1.165, 1.54) is 4.90 Å². The van der Waals surface area contributed by atoms with Gasteiger partial charge in [-0.3, -0.25) is 4.79 Å². The highest BCUT2D eigenvalue weighted by Crippen LogP contribution is 2.47. The van der Waals surface area contributed by atoms with E-state index in [4.69, 9.17) is 4.74 Å². The average molecular weight is 528 g/mol. The normalized spacial score (nSPS) is 19.2. The van der Waals surface area contributed by atoms with Crippen LogP contribution in [-0.4, -0.2) is 46.5 Å². The third-order valence-electron chi connectivity index (χ3n) is 6.69. The number of nitrogens with zero attached hydrogens (tertiary/aromatic N) is 2. The van der Waals surface area contributed by atoms with Crippen LogP contribution < -0.4 is 15.6 Å². The van der Waals surface area contributed by atoms with Crippen molar-refractivity contribution in [1.82, 2.24) is 9.88 Å². The molecule has 8 nitrogen and oxygen atoms in total. The standard InChI is InChI=1S/C25H29F4N3O5/c1-12(30-23(36)37-24(2,3)4)13-7-8-31(10-13)20-17(26)9-15-19(18(20)25(27,28)29)32(14-5-6-14)11-16(21(15)33)22(34)35/h9,11-14H,5-8,10H2,1-4H3,(H,30,36)(H,34,35)/t12-,13-/m1/s1. The van der Waals surface area contributed by atoms with Crippen LogP contribution in [0.25, 0.3) is 10.9 Å². The molecule has 0 radical (unpaired) electrons. The van der Waals surface area contributed by atoms with Gasteiger partial charge < -0.3 is 24.6 Å². The summed E-state index contributed by atoms with van der Waals surface area (Å²) in [5, 5.41) is 11.5. The number of fused-ring (bicyclic) bond motifs is 1. The average Bonchev–Trinajstić information content (AvgIpc) is 3.47. The molecule has 1 amide bonds. The predicted molar refractivity (Wildman–Crippen MR) is 128 cm³/mol. The number of alkyl carbamates (subject to hydrolysis) is 1. The minimum absolute atomic E-state index is 0.0311. The highest BCUT2D eigenvalue weighted by Gasteiger charge is 2.43. The lowest BCUT2D eigenvalue weighted by atomic mass is 10.0. The molecule has 2 N–H and O–H groups in total. The fourth-order valence-corrected chi connectivity index (χ4v) is 4.86. The number of pyridine rings is 1. The Morgan fingerprint density at radius 1 is 1.19 bits per heavy atom. The van der Waals surface area contributed by atoms with Crippen molar-refractivity contribution in [2.24, 2.45) is 5.92 Å². The minimum atomic E-state index is -5.03. The summed E-state index contributed by atoms with van der Waals surface area (Å²) in [7, 11) is 0. The van der Waals surface area contributed by atoms with Gasteiger partial charge in [-0.25, -0.2) is 14.0 Å². The van der Waals surface area contributed by atoms with E-state index >= 15 is 4.39 Å². The maximum absolute atomic E-state index is 15.4. The number of aromatic carboxylic acids is 1. The molecule has 0 bridgehead atoms. The molecule has 2 aromatic rings. The molecular weight excluding hydrogens is 498 g/mol. The van der Waals surface area contributed by atoms with Gasteiger partial charge in [0.1, 0.15) is 22.5 Å². The number of nitrogens with one attached hydrogen (secondary N) is 1. The van der Waals surface area contributed by atoms with Gasteiger partial charge in [-0.2, -0.15) is 13.2 Å². The lowest BCUT2D eigenvalue weighted by Gasteiger charge is -2.28. The third-order valence-corrected chi connectivity index (χ3v) is 6.69. The largest absolute Gasteiger partial charge is 0.477 e. The number of aromatic nitrogens is 1. The first-order chi connectivity index (χ1) is 17.1. The van der Waals surface area contributed by atoms with Gasteiger partial charge in [-0.1, -0.05) is 0 Å². The molecule has 1 saturated heterocycles. The molecule has 2 aliphatic rings. The number of hydrogen-bond donors (Lipinski definition) is 2. The Kier molecular flexibility index (Phi) is 6.66. The van der Waals surface area contributed by atoms with Crippen molar-refractivity contribution >= 4 is 28.7 Å². The van der Waals surface area contributed by atoms with Gasteiger partial charge in [0.15, 0.2) is 0 Å². The van der Waals surface area contributed by atoms with Crippen molar-refractivity contribution in [3.05, 3.63) is 39.4 Å². The van der Waals surface area contributed by atoms with Crippen molar-refractivity contribution in [3.63, 3.8) is 0 Å². The van der Waals surface area contributed by atoms with Gasteiger partial charge in [0.05, 0.1) is 16.6 Å². The highest BCUT2D eigenvalue weighted by molar-refractivity contribution is 5.95. The smallest absolute Gasteiger partial charge is 0.420 e. The van der Waals surface area contributed by atoms with Gasteiger partial charge >= 0.3 is 18.2 Å². The third kappa shape index (κ3) is 5.37. The molecule has 2 fully saturated rings. The number of alkyl halides is 3. The first-order valence-electron chi connectivity index (χ1n) is 12.0. The van der Waals surface area contributed by atoms with Crippen LogP contribution in [0, 0.1) is 11.7 Å². The van der Waals surface area contributed by atoms with Gasteiger partial charge in [-0.05, 0) is 58.9 Å². The molecule has 12 heteroatoms. The van der Waals surface area contributed by atoms with Crippen LogP contribution in [0.2, 0.25) is 0 Å². The van der Waals surface area contributed by atoms with E-state index < -0.39 is 74.9 Å². The summed E-state index contributed by atoms with van der Waals surface area (Å²) in [5.74, 6) is -3.13. The number of anilines is 1. The van der Waals surface area contributed by atoms with Crippen molar-refractivity contribution in [2.75, 3.05) is 18.0 Å². The van der Waals surface area contributed by atoms with E-state index in [-0.39, 0.29) is 19.0 Å². The van der Waals surface area contributed by atoms with Gasteiger partial charge in [0.25, 0.3) is 0 Å². The number of carbonyl (C=O) groups excluding carboxylic acids is 1. The van der Waals surface area contributed by atoms with Crippen LogP contribution in [0.3, 0.4) is 0 Å². The molecule has 202 valence electrons. The lowest BCUT2D eigenvalue weighted by molar-refractivity contribution is -0.136. The molecule has 4 rings (SSSR count). The fraction of sp³-hybridized carbons (Fsp3) is 0.560. The SMILES string of the molecule is C[C@@H](NC(=O)OC(C)(C)C)[C@@H]1CCN(c2c(F)cc3c(=O)c(C(=O)O)cn(C4CC4)c3c2C(F)(F)F)C1. The van der Waals surface area contributed by atoms with Crippen LogP contribution >= 0.6 is 0 Å². The van der Waals surface area contributed by atoms with E-state index in [1.54, 1.807) is 27.7 Å². The number of rotatable bonds is 5. The maximum atomic E-state index is 15.4. The molecular formula is C25H29F4N3O5. The fourth-order valence-electron chi connectivity index (χ4n) is 4.86. The summed E-state index contributed by atoms with van der Waals surface area (Å²) in [5.41, 5.74) is -5.07. The van der Waals surface area contributed by atoms with Crippen LogP contribution in [0.1, 0.15) is 68.9 Å². The lowest BCUT2D eigenvalue weighted by Crippen LogP contribution is -2.42. The maximum Gasteiger partial charge on any atom is 0.420 e. The Hall–Kier alpha value is -3.31. The highest BCUT2D eigenvalue weighted by atomic mass is 19.4. The van der Waals surface area contributed by atoms with Crippen LogP contribution in [0.5, 0.6) is 0 Å². The summed E-state index contributed by atoms with van der Waals surface area (Å²) in [6, 6.07) is -0.158. The zero-order chi connectivity index (χ0) is 27.4. The number of hydrogen-bond acceptors (Lipinski definition) is 5. The number of benzene rings is 1. The topological polar surface area (TPSA) is 101 Å². The Morgan fingerprint density at radius 3 is 2.38 bits per heavy atom. The predicted octanol–water partition coefficient (Wildman–Crippen LogP) is 4.93. The van der Waals surface area contributed by atoms with Gasteiger partial charge in [0, 0.05) is 31.4 Å². The molecule has 2 atom stereocenters. The van der Waals surface area contributed by atoms with Gasteiger partial charge in [0.2, 0.25) is 5.43 Å². The number of carbonyl (C=O) groups is 2. The van der Waals surface area contributed by atoms with Crippen molar-refractivity contribution in [1.29, 1.82) is 0 Å². The summed E-state index contributed by atoms with van der Waals surface area (Å²) in [6.07, 6.45) is -3.34. The zero-order valence-electron chi connectivity index (χ0n) is 20.9. The monoisotopic (exact) mass is 527 g/mol. The van der Waals surface area contributed by atoms with E-state index in [0.717, 1.165) is 10.8 Å². The molecule has 1 aromatic heterocycles. The van der Waals surface area contributed by atoms with Crippen molar-refractivity contribution in [3.8, 4) is 0 Å². The van der Waals surface area contributed by atoms with E-state index in [0.29, 0.717) is 25.3 Å².